The molecule has 1 aliphatic carbocycles. The van der Waals surface area contributed by atoms with Gasteiger partial charge >= 0.3 is 5.97 Å². The van der Waals surface area contributed by atoms with Crippen LogP contribution in [0.2, 0.25) is 0 Å². The van der Waals surface area contributed by atoms with E-state index in [0.717, 1.165) is 12.8 Å². The monoisotopic (exact) mass is 232 g/mol. The number of hydrogen-bond donors (Lipinski definition) is 1. The summed E-state index contributed by atoms with van der Waals surface area (Å²) in [5.41, 5.74) is 1.30. The Hall–Kier alpha value is -1.31. The Morgan fingerprint density at radius 2 is 2.00 bits per heavy atom. The molecule has 0 aromatic heterocycles. The highest BCUT2D eigenvalue weighted by molar-refractivity contribution is 5.71. The van der Waals surface area contributed by atoms with Crippen molar-refractivity contribution in [3.63, 3.8) is 0 Å². The number of benzene rings is 1. The summed E-state index contributed by atoms with van der Waals surface area (Å²) in [6.45, 7) is 4.19. The van der Waals surface area contributed by atoms with E-state index in [1.165, 1.54) is 5.56 Å². The number of carboxylic acid groups (broad SMARTS) is 1. The number of aliphatic carboxylic acids is 1. The molecule has 1 aromatic carbocycles. The van der Waals surface area contributed by atoms with E-state index in [4.69, 9.17) is 0 Å². The second kappa shape index (κ2) is 4.91. The lowest BCUT2D eigenvalue weighted by molar-refractivity contribution is -0.143. The minimum absolute atomic E-state index is 0.166. The van der Waals surface area contributed by atoms with Gasteiger partial charge in [0.25, 0.3) is 0 Å². The van der Waals surface area contributed by atoms with Crippen molar-refractivity contribution in [2.75, 3.05) is 0 Å². The number of carbonyl (C=O) groups is 1. The quantitative estimate of drug-likeness (QED) is 0.843. The van der Waals surface area contributed by atoms with Crippen LogP contribution < -0.4 is 0 Å². The zero-order valence-corrected chi connectivity index (χ0v) is 10.5. The third kappa shape index (κ3) is 2.87. The number of carboxylic acids is 1. The van der Waals surface area contributed by atoms with Crippen LogP contribution in [0.3, 0.4) is 0 Å². The van der Waals surface area contributed by atoms with Crippen LogP contribution in [0.25, 0.3) is 0 Å². The Morgan fingerprint density at radius 3 is 2.53 bits per heavy atom. The number of rotatable bonds is 5. The molecule has 2 rings (SSSR count). The lowest BCUT2D eigenvalue weighted by Crippen LogP contribution is -2.18. The summed E-state index contributed by atoms with van der Waals surface area (Å²) in [6.07, 6.45) is 1.83. The Bertz CT molecular complexity index is 383. The van der Waals surface area contributed by atoms with Crippen molar-refractivity contribution in [3.05, 3.63) is 35.9 Å². The van der Waals surface area contributed by atoms with Crippen LogP contribution in [-0.4, -0.2) is 11.1 Å². The fourth-order valence-electron chi connectivity index (χ4n) is 2.71. The van der Waals surface area contributed by atoms with Crippen LogP contribution in [0.1, 0.15) is 38.2 Å². The third-order valence-corrected chi connectivity index (χ3v) is 3.63. The summed E-state index contributed by atoms with van der Waals surface area (Å²) < 4.78 is 0. The van der Waals surface area contributed by atoms with Gasteiger partial charge in [0.15, 0.2) is 0 Å². The van der Waals surface area contributed by atoms with E-state index in [-0.39, 0.29) is 5.92 Å². The summed E-state index contributed by atoms with van der Waals surface area (Å²) in [6, 6.07) is 10.3. The van der Waals surface area contributed by atoms with Crippen molar-refractivity contribution >= 4 is 5.97 Å². The molecule has 0 spiro atoms. The zero-order chi connectivity index (χ0) is 12.4. The maximum atomic E-state index is 11.3. The highest BCUT2D eigenvalue weighted by Crippen LogP contribution is 2.53. The molecule has 1 aliphatic rings. The van der Waals surface area contributed by atoms with E-state index in [0.29, 0.717) is 17.8 Å². The van der Waals surface area contributed by atoms with Gasteiger partial charge in [-0.1, -0.05) is 44.2 Å². The average Bonchev–Trinajstić information content (AvgIpc) is 3.06. The fourth-order valence-corrected chi connectivity index (χ4v) is 2.71. The van der Waals surface area contributed by atoms with Crippen molar-refractivity contribution in [2.45, 2.75) is 32.6 Å². The Labute approximate surface area is 103 Å². The van der Waals surface area contributed by atoms with Gasteiger partial charge in [0, 0.05) is 0 Å². The summed E-state index contributed by atoms with van der Waals surface area (Å²) in [7, 11) is 0. The highest BCUT2D eigenvalue weighted by Gasteiger charge is 2.46. The van der Waals surface area contributed by atoms with Gasteiger partial charge in [0.05, 0.1) is 5.92 Å². The van der Waals surface area contributed by atoms with Gasteiger partial charge in [-0.05, 0) is 36.2 Å². The summed E-state index contributed by atoms with van der Waals surface area (Å²) in [5.74, 6) is 0.476. The molecule has 3 atom stereocenters. The first-order valence-corrected chi connectivity index (χ1v) is 6.37. The molecule has 0 radical (unpaired) electrons. The lowest BCUT2D eigenvalue weighted by Gasteiger charge is -2.14. The largest absolute Gasteiger partial charge is 0.481 e. The van der Waals surface area contributed by atoms with Crippen molar-refractivity contribution in [1.29, 1.82) is 0 Å². The Morgan fingerprint density at radius 1 is 1.35 bits per heavy atom. The van der Waals surface area contributed by atoms with Gasteiger partial charge in [-0.3, -0.25) is 4.79 Å². The smallest absolute Gasteiger partial charge is 0.306 e. The van der Waals surface area contributed by atoms with E-state index in [9.17, 15) is 9.90 Å². The third-order valence-electron chi connectivity index (χ3n) is 3.63. The van der Waals surface area contributed by atoms with Crippen LogP contribution in [-0.2, 0) is 4.79 Å². The maximum absolute atomic E-state index is 11.3. The van der Waals surface area contributed by atoms with E-state index in [2.05, 4.69) is 26.0 Å². The predicted molar refractivity (Wildman–Crippen MR) is 67.9 cm³/mol. The molecule has 2 nitrogen and oxygen atoms in total. The molecule has 3 unspecified atom stereocenters. The van der Waals surface area contributed by atoms with Gasteiger partial charge in [-0.25, -0.2) is 0 Å². The molecular weight excluding hydrogens is 212 g/mol. The average molecular weight is 232 g/mol. The zero-order valence-electron chi connectivity index (χ0n) is 10.5. The van der Waals surface area contributed by atoms with Crippen LogP contribution in [0.5, 0.6) is 0 Å². The lowest BCUT2D eigenvalue weighted by atomic mass is 9.91. The maximum Gasteiger partial charge on any atom is 0.306 e. The topological polar surface area (TPSA) is 37.3 Å². The molecule has 92 valence electrons. The molecule has 0 aliphatic heterocycles. The first-order valence-electron chi connectivity index (χ1n) is 6.37. The van der Waals surface area contributed by atoms with Crippen molar-refractivity contribution in [1.82, 2.24) is 0 Å². The molecule has 1 saturated carbocycles. The second-order valence-electron chi connectivity index (χ2n) is 5.49. The molecule has 1 fully saturated rings. The molecule has 2 heteroatoms. The normalized spacial score (nSPS) is 24.6. The molecule has 1 aromatic rings. The van der Waals surface area contributed by atoms with Crippen molar-refractivity contribution in [3.8, 4) is 0 Å². The second-order valence-corrected chi connectivity index (χ2v) is 5.49. The van der Waals surface area contributed by atoms with E-state index in [1.807, 2.05) is 18.2 Å². The minimum atomic E-state index is -0.623. The van der Waals surface area contributed by atoms with Gasteiger partial charge in [-0.15, -0.1) is 0 Å². The standard InChI is InChI=1S/C15H20O2/c1-10(2)8-14(15(16)17)13-9-12(13)11-6-4-3-5-7-11/h3-7,10,12-14H,8-9H2,1-2H3,(H,16,17). The molecule has 0 amide bonds. The van der Waals surface area contributed by atoms with Crippen molar-refractivity contribution in [2.24, 2.45) is 17.8 Å². The predicted octanol–water partition coefficient (Wildman–Crippen LogP) is 3.54. The summed E-state index contributed by atoms with van der Waals surface area (Å²) in [4.78, 5) is 11.3. The van der Waals surface area contributed by atoms with Crippen LogP contribution in [0.15, 0.2) is 30.3 Å². The van der Waals surface area contributed by atoms with E-state index < -0.39 is 5.97 Å². The molecule has 1 N–H and O–H groups in total. The first-order chi connectivity index (χ1) is 8.09. The fraction of sp³-hybridized carbons (Fsp3) is 0.533. The first kappa shape index (κ1) is 12.2. The SMILES string of the molecule is CC(C)CC(C(=O)O)C1CC1c1ccccc1. The highest BCUT2D eigenvalue weighted by atomic mass is 16.4. The van der Waals surface area contributed by atoms with E-state index >= 15 is 0 Å². The van der Waals surface area contributed by atoms with Gasteiger partial charge in [-0.2, -0.15) is 0 Å². The van der Waals surface area contributed by atoms with Gasteiger partial charge in [0.2, 0.25) is 0 Å². The van der Waals surface area contributed by atoms with Crippen LogP contribution >= 0.6 is 0 Å². The Kier molecular flexibility index (Phi) is 3.51. The minimum Gasteiger partial charge on any atom is -0.481 e. The van der Waals surface area contributed by atoms with E-state index in [1.54, 1.807) is 0 Å². The van der Waals surface area contributed by atoms with Crippen LogP contribution in [0.4, 0.5) is 0 Å². The van der Waals surface area contributed by atoms with Crippen molar-refractivity contribution < 1.29 is 9.90 Å². The number of hydrogen-bond acceptors (Lipinski definition) is 1. The summed E-state index contributed by atoms with van der Waals surface area (Å²) >= 11 is 0. The molecule has 0 heterocycles. The Balaban J connectivity index is 2.03. The molecule has 17 heavy (non-hydrogen) atoms. The summed E-state index contributed by atoms with van der Waals surface area (Å²) in [5, 5.41) is 9.30. The molecular formula is C15H20O2. The van der Waals surface area contributed by atoms with Gasteiger partial charge < -0.3 is 5.11 Å². The molecule has 0 saturated heterocycles. The van der Waals surface area contributed by atoms with Crippen LogP contribution in [0, 0.1) is 17.8 Å². The molecule has 0 bridgehead atoms. The van der Waals surface area contributed by atoms with Gasteiger partial charge in [0.1, 0.15) is 0 Å².